The Morgan fingerprint density at radius 1 is 1.35 bits per heavy atom. The van der Waals surface area contributed by atoms with Crippen molar-refractivity contribution < 1.29 is 0 Å². The van der Waals surface area contributed by atoms with Gasteiger partial charge >= 0.3 is 0 Å². The van der Waals surface area contributed by atoms with E-state index in [2.05, 4.69) is 59.9 Å². The summed E-state index contributed by atoms with van der Waals surface area (Å²) in [6.45, 7) is 6.33. The smallest absolute Gasteiger partial charge is 0.0231 e. The van der Waals surface area contributed by atoms with Gasteiger partial charge in [-0.25, -0.2) is 0 Å². The zero-order chi connectivity index (χ0) is 12.8. The molecule has 0 fully saturated rings. The molecule has 2 N–H and O–H groups in total. The lowest BCUT2D eigenvalue weighted by molar-refractivity contribution is 0.287. The van der Waals surface area contributed by atoms with Crippen LogP contribution < -0.4 is 5.73 Å². The molecule has 1 aromatic rings. The molecule has 0 aromatic heterocycles. The van der Waals surface area contributed by atoms with Crippen molar-refractivity contribution in [2.75, 3.05) is 13.6 Å². The minimum absolute atomic E-state index is 0.271. The molecule has 0 amide bonds. The Balaban J connectivity index is 2.41. The fourth-order valence-corrected chi connectivity index (χ4v) is 2.54. The largest absolute Gasteiger partial charge is 0.327 e. The van der Waals surface area contributed by atoms with Gasteiger partial charge in [0.1, 0.15) is 0 Å². The molecule has 0 saturated carbocycles. The Morgan fingerprint density at radius 3 is 2.65 bits per heavy atom. The van der Waals surface area contributed by atoms with E-state index in [0.717, 1.165) is 24.0 Å². The van der Waals surface area contributed by atoms with E-state index in [1.807, 2.05) is 6.07 Å². The monoisotopic (exact) mass is 298 g/mol. The van der Waals surface area contributed by atoms with Crippen molar-refractivity contribution in [1.82, 2.24) is 4.90 Å². The van der Waals surface area contributed by atoms with Gasteiger partial charge in [-0.05, 0) is 37.1 Å². The summed E-state index contributed by atoms with van der Waals surface area (Å²) in [4.78, 5) is 2.29. The quantitative estimate of drug-likeness (QED) is 0.873. The molecule has 0 aliphatic rings. The first-order valence-electron chi connectivity index (χ1n) is 6.16. The summed E-state index contributed by atoms with van der Waals surface area (Å²) < 4.78 is 1.13. The van der Waals surface area contributed by atoms with Crippen LogP contribution in [0.15, 0.2) is 28.7 Å². The second kappa shape index (κ2) is 7.14. The van der Waals surface area contributed by atoms with Crippen molar-refractivity contribution >= 4 is 15.9 Å². The number of hydrogen-bond donors (Lipinski definition) is 1. The second-order valence-electron chi connectivity index (χ2n) is 5.22. The first kappa shape index (κ1) is 14.7. The number of rotatable bonds is 6. The summed E-state index contributed by atoms with van der Waals surface area (Å²) >= 11 is 3.49. The van der Waals surface area contributed by atoms with Gasteiger partial charge < -0.3 is 10.6 Å². The van der Waals surface area contributed by atoms with Crippen LogP contribution in [0.25, 0.3) is 0 Å². The summed E-state index contributed by atoms with van der Waals surface area (Å²) in [5.74, 6) is 0.671. The highest BCUT2D eigenvalue weighted by molar-refractivity contribution is 9.10. The van der Waals surface area contributed by atoms with Gasteiger partial charge in [0.05, 0.1) is 0 Å². The van der Waals surface area contributed by atoms with Gasteiger partial charge in [0.25, 0.3) is 0 Å². The highest BCUT2D eigenvalue weighted by Gasteiger charge is 2.09. The molecule has 0 saturated heterocycles. The van der Waals surface area contributed by atoms with Gasteiger partial charge in [-0.2, -0.15) is 0 Å². The molecule has 0 aliphatic heterocycles. The van der Waals surface area contributed by atoms with E-state index < -0.39 is 0 Å². The first-order chi connectivity index (χ1) is 7.97. The lowest BCUT2D eigenvalue weighted by atomic mass is 10.0. The van der Waals surface area contributed by atoms with Crippen molar-refractivity contribution in [2.45, 2.75) is 32.9 Å². The maximum absolute atomic E-state index is 6.11. The highest BCUT2D eigenvalue weighted by atomic mass is 79.9. The lowest BCUT2D eigenvalue weighted by Crippen LogP contribution is -2.35. The van der Waals surface area contributed by atoms with E-state index in [4.69, 9.17) is 5.73 Å². The number of nitrogens with two attached hydrogens (primary N) is 1. The first-order valence-corrected chi connectivity index (χ1v) is 6.95. The third-order valence-electron chi connectivity index (χ3n) is 2.66. The van der Waals surface area contributed by atoms with Crippen LogP contribution in [0.3, 0.4) is 0 Å². The van der Waals surface area contributed by atoms with Crippen LogP contribution in [0.1, 0.15) is 25.8 Å². The van der Waals surface area contributed by atoms with Gasteiger partial charge in [-0.15, -0.1) is 0 Å². The average molecular weight is 299 g/mol. The van der Waals surface area contributed by atoms with E-state index in [1.165, 1.54) is 5.56 Å². The Bertz CT molecular complexity index is 339. The second-order valence-corrected chi connectivity index (χ2v) is 6.13. The average Bonchev–Trinajstić information content (AvgIpc) is 2.14. The number of nitrogens with zero attached hydrogens (tertiary/aromatic N) is 1. The molecule has 0 aliphatic carbocycles. The Labute approximate surface area is 113 Å². The number of hydrogen-bond acceptors (Lipinski definition) is 2. The number of likely N-dealkylation sites (N-methyl/N-ethyl adjacent to an activating group) is 1. The minimum atomic E-state index is 0.271. The van der Waals surface area contributed by atoms with Gasteiger partial charge in [0.2, 0.25) is 0 Å². The van der Waals surface area contributed by atoms with Gasteiger partial charge in [0, 0.05) is 23.6 Å². The topological polar surface area (TPSA) is 29.3 Å². The lowest BCUT2D eigenvalue weighted by Gasteiger charge is -2.22. The van der Waals surface area contributed by atoms with Crippen LogP contribution in [-0.2, 0) is 6.54 Å². The molecule has 1 atom stereocenters. The highest BCUT2D eigenvalue weighted by Crippen LogP contribution is 2.13. The molecular formula is C14H23BrN2. The summed E-state index contributed by atoms with van der Waals surface area (Å²) in [5.41, 5.74) is 7.43. The Morgan fingerprint density at radius 2 is 2.06 bits per heavy atom. The van der Waals surface area contributed by atoms with Crippen molar-refractivity contribution in [1.29, 1.82) is 0 Å². The fourth-order valence-electron chi connectivity index (χ4n) is 2.09. The van der Waals surface area contributed by atoms with Gasteiger partial charge in [-0.3, -0.25) is 0 Å². The fraction of sp³-hybridized carbons (Fsp3) is 0.571. The molecule has 0 radical (unpaired) electrons. The molecule has 1 aromatic carbocycles. The van der Waals surface area contributed by atoms with Crippen LogP contribution in [0, 0.1) is 5.92 Å². The summed E-state index contributed by atoms with van der Waals surface area (Å²) in [7, 11) is 2.13. The Hall–Kier alpha value is -0.380. The van der Waals surface area contributed by atoms with Crippen molar-refractivity contribution in [3.8, 4) is 0 Å². The van der Waals surface area contributed by atoms with E-state index in [1.54, 1.807) is 0 Å². The third-order valence-corrected chi connectivity index (χ3v) is 3.16. The zero-order valence-corrected chi connectivity index (χ0v) is 12.6. The van der Waals surface area contributed by atoms with Crippen molar-refractivity contribution in [3.63, 3.8) is 0 Å². The van der Waals surface area contributed by atoms with E-state index in [-0.39, 0.29) is 6.04 Å². The van der Waals surface area contributed by atoms with E-state index in [9.17, 15) is 0 Å². The van der Waals surface area contributed by atoms with Gasteiger partial charge in [-0.1, -0.05) is 41.9 Å². The van der Waals surface area contributed by atoms with E-state index >= 15 is 0 Å². The maximum atomic E-state index is 6.11. The standard InChI is InChI=1S/C14H23BrN2/c1-11(2)7-14(16)10-17(3)9-12-5-4-6-13(15)8-12/h4-6,8,11,14H,7,9-10,16H2,1-3H3. The third kappa shape index (κ3) is 6.20. The molecule has 1 rings (SSSR count). The SMILES string of the molecule is CC(C)CC(N)CN(C)Cc1cccc(Br)c1. The molecule has 3 heteroatoms. The normalized spacial score (nSPS) is 13.4. The molecule has 0 spiro atoms. The number of benzene rings is 1. The van der Waals surface area contributed by atoms with Crippen LogP contribution >= 0.6 is 15.9 Å². The molecular weight excluding hydrogens is 276 g/mol. The molecule has 17 heavy (non-hydrogen) atoms. The molecule has 0 heterocycles. The Kier molecular flexibility index (Phi) is 6.17. The molecule has 0 bridgehead atoms. The van der Waals surface area contributed by atoms with Gasteiger partial charge in [0.15, 0.2) is 0 Å². The van der Waals surface area contributed by atoms with Crippen LogP contribution in [-0.4, -0.2) is 24.5 Å². The summed E-state index contributed by atoms with van der Waals surface area (Å²) in [5, 5.41) is 0. The van der Waals surface area contributed by atoms with Crippen LogP contribution in [0.5, 0.6) is 0 Å². The maximum Gasteiger partial charge on any atom is 0.0231 e. The van der Waals surface area contributed by atoms with Crippen molar-refractivity contribution in [3.05, 3.63) is 34.3 Å². The molecule has 2 nitrogen and oxygen atoms in total. The summed E-state index contributed by atoms with van der Waals surface area (Å²) in [6, 6.07) is 8.70. The van der Waals surface area contributed by atoms with Crippen LogP contribution in [0.4, 0.5) is 0 Å². The van der Waals surface area contributed by atoms with Crippen molar-refractivity contribution in [2.24, 2.45) is 11.7 Å². The number of halogens is 1. The molecule has 96 valence electrons. The molecule has 1 unspecified atom stereocenters. The minimum Gasteiger partial charge on any atom is -0.327 e. The van der Waals surface area contributed by atoms with Crippen LogP contribution in [0.2, 0.25) is 0 Å². The predicted octanol–water partition coefficient (Wildman–Crippen LogP) is 3.25. The summed E-state index contributed by atoms with van der Waals surface area (Å²) in [6.07, 6.45) is 1.09. The van der Waals surface area contributed by atoms with E-state index in [0.29, 0.717) is 5.92 Å². The predicted molar refractivity (Wildman–Crippen MR) is 77.9 cm³/mol. The zero-order valence-electron chi connectivity index (χ0n) is 11.0.